The van der Waals surface area contributed by atoms with Crippen LogP contribution in [0.4, 0.5) is 0 Å². The van der Waals surface area contributed by atoms with E-state index in [-0.39, 0.29) is 0 Å². The largest absolute Gasteiger partial charge is 0.316 e. The van der Waals surface area contributed by atoms with Crippen LogP contribution in [0.2, 0.25) is 0 Å². The highest BCUT2D eigenvalue weighted by atomic mass is 32.1. The molecular weight excluding hydrogens is 202 g/mol. The van der Waals surface area contributed by atoms with Crippen molar-refractivity contribution in [3.63, 3.8) is 0 Å². The molecule has 86 valence electrons. The predicted molar refractivity (Wildman–Crippen MR) is 69.8 cm³/mol. The molecule has 1 heterocycles. The average molecular weight is 225 g/mol. The molecule has 0 saturated heterocycles. The molecule has 2 unspecified atom stereocenters. The molecule has 0 aliphatic rings. The van der Waals surface area contributed by atoms with Gasteiger partial charge < -0.3 is 5.32 Å². The fourth-order valence-corrected chi connectivity index (χ4v) is 2.67. The maximum absolute atomic E-state index is 3.50. The summed E-state index contributed by atoms with van der Waals surface area (Å²) in [4.78, 5) is 1.48. The zero-order chi connectivity index (χ0) is 11.3. The van der Waals surface area contributed by atoms with Crippen molar-refractivity contribution in [3.8, 4) is 0 Å². The maximum Gasteiger partial charge on any atom is 0.00490 e. The number of nitrogens with one attached hydrogen (secondary N) is 1. The Balaban J connectivity index is 2.46. The molecule has 1 aromatic heterocycles. The fourth-order valence-electron chi connectivity index (χ4n) is 1.86. The van der Waals surface area contributed by atoms with Crippen molar-refractivity contribution in [1.29, 1.82) is 0 Å². The Kier molecular flexibility index (Phi) is 5.34. The summed E-state index contributed by atoms with van der Waals surface area (Å²) in [5.41, 5.74) is 1.53. The molecule has 1 rings (SSSR count). The first-order chi connectivity index (χ1) is 7.16. The van der Waals surface area contributed by atoms with Gasteiger partial charge in [0.25, 0.3) is 0 Å². The third-order valence-corrected chi connectivity index (χ3v) is 4.00. The Labute approximate surface area is 97.9 Å². The Bertz CT molecular complexity index is 280. The lowest BCUT2D eigenvalue weighted by atomic mass is 9.89. The summed E-state index contributed by atoms with van der Waals surface area (Å²) in [6.07, 6.45) is 1.22. The molecule has 2 atom stereocenters. The van der Waals surface area contributed by atoms with Crippen molar-refractivity contribution in [3.05, 3.63) is 21.9 Å². The molecule has 1 N–H and O–H groups in total. The number of hydrogen-bond acceptors (Lipinski definition) is 2. The first kappa shape index (κ1) is 12.7. The maximum atomic E-state index is 3.50. The van der Waals surface area contributed by atoms with Crippen LogP contribution < -0.4 is 5.32 Å². The summed E-state index contributed by atoms with van der Waals surface area (Å²) in [5.74, 6) is 1.38. The summed E-state index contributed by atoms with van der Waals surface area (Å²) in [6, 6.07) is 2.28. The minimum atomic E-state index is 0.667. The van der Waals surface area contributed by atoms with E-state index < -0.39 is 0 Å². The molecule has 0 spiro atoms. The zero-order valence-electron chi connectivity index (χ0n) is 10.3. The smallest absolute Gasteiger partial charge is 0.00490 e. The van der Waals surface area contributed by atoms with E-state index in [0.29, 0.717) is 11.8 Å². The van der Waals surface area contributed by atoms with Crippen LogP contribution >= 0.6 is 11.3 Å². The van der Waals surface area contributed by atoms with Crippen LogP contribution in [-0.2, 0) is 0 Å². The molecular formula is C13H23NS. The average Bonchev–Trinajstić information content (AvgIpc) is 2.63. The lowest BCUT2D eigenvalue weighted by Gasteiger charge is -2.20. The first-order valence-corrected chi connectivity index (χ1v) is 6.79. The SMILES string of the molecule is CCCNCC(C)C(C)c1ccsc1C. The Morgan fingerprint density at radius 1 is 1.40 bits per heavy atom. The van der Waals surface area contributed by atoms with Crippen LogP contribution in [0.1, 0.15) is 43.6 Å². The normalized spacial score (nSPS) is 15.2. The number of hydrogen-bond donors (Lipinski definition) is 1. The summed E-state index contributed by atoms with van der Waals surface area (Å²) in [5, 5.41) is 5.70. The molecule has 1 aromatic rings. The highest BCUT2D eigenvalue weighted by Crippen LogP contribution is 2.29. The third kappa shape index (κ3) is 3.62. The van der Waals surface area contributed by atoms with Crippen molar-refractivity contribution in [2.75, 3.05) is 13.1 Å². The van der Waals surface area contributed by atoms with Crippen LogP contribution in [0, 0.1) is 12.8 Å². The van der Waals surface area contributed by atoms with Gasteiger partial charge in [-0.25, -0.2) is 0 Å². The molecule has 0 amide bonds. The van der Waals surface area contributed by atoms with Gasteiger partial charge in [-0.1, -0.05) is 20.8 Å². The second-order valence-electron chi connectivity index (χ2n) is 4.40. The topological polar surface area (TPSA) is 12.0 Å². The van der Waals surface area contributed by atoms with E-state index >= 15 is 0 Å². The minimum absolute atomic E-state index is 0.667. The molecule has 1 nitrogen and oxygen atoms in total. The predicted octanol–water partition coefficient (Wildman–Crippen LogP) is 3.80. The van der Waals surface area contributed by atoms with Crippen molar-refractivity contribution >= 4 is 11.3 Å². The van der Waals surface area contributed by atoms with Crippen LogP contribution in [0.15, 0.2) is 11.4 Å². The molecule has 0 saturated carbocycles. The highest BCUT2D eigenvalue weighted by molar-refractivity contribution is 7.10. The Morgan fingerprint density at radius 2 is 2.13 bits per heavy atom. The van der Waals surface area contributed by atoms with Gasteiger partial charge in [0.2, 0.25) is 0 Å². The van der Waals surface area contributed by atoms with E-state index in [4.69, 9.17) is 0 Å². The van der Waals surface area contributed by atoms with Gasteiger partial charge in [-0.2, -0.15) is 0 Å². The summed E-state index contributed by atoms with van der Waals surface area (Å²) >= 11 is 1.86. The fraction of sp³-hybridized carbons (Fsp3) is 0.692. The number of rotatable bonds is 6. The van der Waals surface area contributed by atoms with Gasteiger partial charge in [0.1, 0.15) is 0 Å². The van der Waals surface area contributed by atoms with Gasteiger partial charge in [0.15, 0.2) is 0 Å². The van der Waals surface area contributed by atoms with Crippen molar-refractivity contribution in [2.24, 2.45) is 5.92 Å². The first-order valence-electron chi connectivity index (χ1n) is 5.91. The van der Waals surface area contributed by atoms with E-state index in [0.717, 1.165) is 13.1 Å². The molecule has 0 aromatic carbocycles. The van der Waals surface area contributed by atoms with E-state index in [1.54, 1.807) is 0 Å². The van der Waals surface area contributed by atoms with Crippen molar-refractivity contribution in [2.45, 2.75) is 40.0 Å². The van der Waals surface area contributed by atoms with Gasteiger partial charge in [0, 0.05) is 4.88 Å². The molecule has 0 aliphatic heterocycles. The van der Waals surface area contributed by atoms with Crippen LogP contribution in [0.5, 0.6) is 0 Å². The number of aryl methyl sites for hydroxylation is 1. The lowest BCUT2D eigenvalue weighted by Crippen LogP contribution is -2.25. The van der Waals surface area contributed by atoms with Crippen LogP contribution in [0.25, 0.3) is 0 Å². The molecule has 0 bridgehead atoms. The Morgan fingerprint density at radius 3 is 2.67 bits per heavy atom. The van der Waals surface area contributed by atoms with E-state index in [9.17, 15) is 0 Å². The number of thiophene rings is 1. The summed E-state index contributed by atoms with van der Waals surface area (Å²) in [6.45, 7) is 11.4. The zero-order valence-corrected chi connectivity index (χ0v) is 11.2. The lowest BCUT2D eigenvalue weighted by molar-refractivity contribution is 0.448. The molecule has 0 aliphatic carbocycles. The van der Waals surface area contributed by atoms with Crippen LogP contribution in [0.3, 0.4) is 0 Å². The third-order valence-electron chi connectivity index (χ3n) is 3.14. The van der Waals surface area contributed by atoms with Gasteiger partial charge in [0.05, 0.1) is 0 Å². The summed E-state index contributed by atoms with van der Waals surface area (Å²) < 4.78 is 0. The monoisotopic (exact) mass is 225 g/mol. The quantitative estimate of drug-likeness (QED) is 0.726. The minimum Gasteiger partial charge on any atom is -0.316 e. The van der Waals surface area contributed by atoms with E-state index in [2.05, 4.69) is 44.5 Å². The van der Waals surface area contributed by atoms with Crippen molar-refractivity contribution < 1.29 is 0 Å². The van der Waals surface area contributed by atoms with Gasteiger partial charge in [-0.3, -0.25) is 0 Å². The standard InChI is InChI=1S/C13H23NS/c1-5-7-14-9-10(2)11(3)13-6-8-15-12(13)4/h6,8,10-11,14H,5,7,9H2,1-4H3. The molecule has 0 fully saturated rings. The molecule has 2 heteroatoms. The second kappa shape index (κ2) is 6.29. The van der Waals surface area contributed by atoms with Gasteiger partial charge in [-0.15, -0.1) is 11.3 Å². The van der Waals surface area contributed by atoms with Gasteiger partial charge in [-0.05, 0) is 55.3 Å². The van der Waals surface area contributed by atoms with E-state index in [1.807, 2.05) is 11.3 Å². The summed E-state index contributed by atoms with van der Waals surface area (Å²) in [7, 11) is 0. The van der Waals surface area contributed by atoms with Crippen LogP contribution in [-0.4, -0.2) is 13.1 Å². The van der Waals surface area contributed by atoms with E-state index in [1.165, 1.54) is 16.9 Å². The highest BCUT2D eigenvalue weighted by Gasteiger charge is 2.16. The Hall–Kier alpha value is -0.340. The van der Waals surface area contributed by atoms with Gasteiger partial charge >= 0.3 is 0 Å². The molecule has 15 heavy (non-hydrogen) atoms. The molecule has 0 radical (unpaired) electrons. The van der Waals surface area contributed by atoms with Crippen molar-refractivity contribution in [1.82, 2.24) is 5.32 Å². The second-order valence-corrected chi connectivity index (χ2v) is 5.52.